The van der Waals surface area contributed by atoms with E-state index in [9.17, 15) is 9.18 Å². The molecule has 1 atom stereocenters. The van der Waals surface area contributed by atoms with E-state index in [1.165, 1.54) is 12.1 Å². The molecule has 1 fully saturated rings. The van der Waals surface area contributed by atoms with Crippen molar-refractivity contribution in [1.82, 2.24) is 5.32 Å². The molecule has 0 heterocycles. The van der Waals surface area contributed by atoms with Crippen molar-refractivity contribution in [2.75, 3.05) is 6.54 Å². The Balaban J connectivity index is 2.30. The smallest absolute Gasteiger partial charge is 0.230 e. The first-order valence-electron chi connectivity index (χ1n) is 6.85. The van der Waals surface area contributed by atoms with Gasteiger partial charge >= 0.3 is 0 Å². The molecule has 2 rings (SSSR count). The lowest BCUT2D eigenvalue weighted by Gasteiger charge is -2.29. The van der Waals surface area contributed by atoms with Crippen LogP contribution < -0.4 is 11.1 Å². The average molecular weight is 264 g/mol. The van der Waals surface area contributed by atoms with Crippen molar-refractivity contribution in [1.29, 1.82) is 0 Å². The van der Waals surface area contributed by atoms with E-state index >= 15 is 0 Å². The first-order valence-corrected chi connectivity index (χ1v) is 6.85. The Bertz CT molecular complexity index is 455. The van der Waals surface area contributed by atoms with Crippen LogP contribution in [-0.4, -0.2) is 18.5 Å². The average Bonchev–Trinajstić information content (AvgIpc) is 2.89. The Labute approximate surface area is 113 Å². The van der Waals surface area contributed by atoms with E-state index in [1.54, 1.807) is 6.07 Å². The molecule has 1 saturated carbocycles. The monoisotopic (exact) mass is 264 g/mol. The lowest BCUT2D eigenvalue weighted by atomic mass is 9.77. The standard InChI is InChI=1S/C15H21FN2O/c1-11(10-17)18-14(19)15(7-2-3-8-15)12-5-4-6-13(16)9-12/h4-6,9,11H,2-3,7-8,10,17H2,1H3,(H,18,19)/t11-/m0/s1. The van der Waals surface area contributed by atoms with Gasteiger partial charge in [-0.25, -0.2) is 4.39 Å². The quantitative estimate of drug-likeness (QED) is 0.875. The second kappa shape index (κ2) is 5.70. The Morgan fingerprint density at radius 3 is 2.74 bits per heavy atom. The summed E-state index contributed by atoms with van der Waals surface area (Å²) in [5, 5.41) is 2.94. The van der Waals surface area contributed by atoms with Gasteiger partial charge in [0, 0.05) is 12.6 Å². The minimum absolute atomic E-state index is 0.0199. The third-order valence-electron chi connectivity index (χ3n) is 4.00. The lowest BCUT2D eigenvalue weighted by molar-refractivity contribution is -0.127. The maximum atomic E-state index is 13.4. The zero-order valence-corrected chi connectivity index (χ0v) is 11.3. The number of amides is 1. The van der Waals surface area contributed by atoms with Crippen LogP contribution in [0.1, 0.15) is 38.2 Å². The summed E-state index contributed by atoms with van der Waals surface area (Å²) in [5.41, 5.74) is 5.76. The highest BCUT2D eigenvalue weighted by molar-refractivity contribution is 5.88. The van der Waals surface area contributed by atoms with Crippen LogP contribution in [0.3, 0.4) is 0 Å². The van der Waals surface area contributed by atoms with Crippen molar-refractivity contribution in [3.63, 3.8) is 0 Å². The van der Waals surface area contributed by atoms with Crippen LogP contribution in [0, 0.1) is 5.82 Å². The van der Waals surface area contributed by atoms with E-state index in [0.29, 0.717) is 6.54 Å². The molecular weight excluding hydrogens is 243 g/mol. The van der Waals surface area contributed by atoms with Gasteiger partial charge in [0.05, 0.1) is 5.41 Å². The number of benzene rings is 1. The summed E-state index contributed by atoms with van der Waals surface area (Å²) < 4.78 is 13.4. The second-order valence-electron chi connectivity index (χ2n) is 5.41. The van der Waals surface area contributed by atoms with Crippen molar-refractivity contribution in [2.24, 2.45) is 5.73 Å². The van der Waals surface area contributed by atoms with Crippen LogP contribution >= 0.6 is 0 Å². The molecule has 4 heteroatoms. The van der Waals surface area contributed by atoms with Crippen LogP contribution in [0.25, 0.3) is 0 Å². The SMILES string of the molecule is C[C@@H](CN)NC(=O)C1(c2cccc(F)c2)CCCC1. The van der Waals surface area contributed by atoms with Gasteiger partial charge in [0.1, 0.15) is 5.82 Å². The number of rotatable bonds is 4. The molecule has 0 aromatic heterocycles. The summed E-state index contributed by atoms with van der Waals surface area (Å²) in [5.74, 6) is -0.308. The van der Waals surface area contributed by atoms with Crippen molar-refractivity contribution in [2.45, 2.75) is 44.1 Å². The van der Waals surface area contributed by atoms with Gasteiger partial charge in [0.15, 0.2) is 0 Å². The summed E-state index contributed by atoms with van der Waals surface area (Å²) >= 11 is 0. The molecule has 1 aliphatic carbocycles. The van der Waals surface area contributed by atoms with Crippen molar-refractivity contribution in [3.05, 3.63) is 35.6 Å². The van der Waals surface area contributed by atoms with Crippen molar-refractivity contribution >= 4 is 5.91 Å². The van der Waals surface area contributed by atoms with Gasteiger partial charge in [-0.1, -0.05) is 25.0 Å². The largest absolute Gasteiger partial charge is 0.352 e. The third kappa shape index (κ3) is 2.78. The number of carbonyl (C=O) groups is 1. The highest BCUT2D eigenvalue weighted by atomic mass is 19.1. The first-order chi connectivity index (χ1) is 9.08. The second-order valence-corrected chi connectivity index (χ2v) is 5.41. The van der Waals surface area contributed by atoms with Crippen LogP contribution in [0.2, 0.25) is 0 Å². The Kier molecular flexibility index (Phi) is 4.20. The molecule has 1 aromatic rings. The Hall–Kier alpha value is -1.42. The van der Waals surface area contributed by atoms with Gasteiger partial charge < -0.3 is 11.1 Å². The molecule has 3 nitrogen and oxygen atoms in total. The Morgan fingerprint density at radius 2 is 2.16 bits per heavy atom. The summed E-state index contributed by atoms with van der Waals surface area (Å²) in [6, 6.07) is 6.36. The fraction of sp³-hybridized carbons (Fsp3) is 0.533. The number of halogens is 1. The topological polar surface area (TPSA) is 55.1 Å². The van der Waals surface area contributed by atoms with Crippen LogP contribution in [0.5, 0.6) is 0 Å². The molecule has 19 heavy (non-hydrogen) atoms. The molecule has 104 valence electrons. The predicted molar refractivity (Wildman–Crippen MR) is 73.2 cm³/mol. The minimum atomic E-state index is -0.578. The fourth-order valence-electron chi connectivity index (χ4n) is 2.83. The third-order valence-corrected chi connectivity index (χ3v) is 4.00. The fourth-order valence-corrected chi connectivity index (χ4v) is 2.83. The van der Waals surface area contributed by atoms with Crippen LogP contribution in [0.15, 0.2) is 24.3 Å². The number of carbonyl (C=O) groups excluding carboxylic acids is 1. The highest BCUT2D eigenvalue weighted by Crippen LogP contribution is 2.41. The van der Waals surface area contributed by atoms with E-state index in [1.807, 2.05) is 13.0 Å². The number of nitrogens with one attached hydrogen (secondary N) is 1. The predicted octanol–water partition coefficient (Wildman–Crippen LogP) is 2.10. The number of nitrogens with two attached hydrogens (primary N) is 1. The molecule has 0 bridgehead atoms. The minimum Gasteiger partial charge on any atom is -0.352 e. The lowest BCUT2D eigenvalue weighted by Crippen LogP contribution is -2.48. The van der Waals surface area contributed by atoms with E-state index in [2.05, 4.69) is 5.32 Å². The van der Waals surface area contributed by atoms with Gasteiger partial charge in [-0.3, -0.25) is 4.79 Å². The van der Waals surface area contributed by atoms with E-state index in [4.69, 9.17) is 5.73 Å². The van der Waals surface area contributed by atoms with Crippen molar-refractivity contribution < 1.29 is 9.18 Å². The van der Waals surface area contributed by atoms with Gasteiger partial charge in [0.2, 0.25) is 5.91 Å². The summed E-state index contributed by atoms with van der Waals surface area (Å²) in [6.07, 6.45) is 3.56. The van der Waals surface area contributed by atoms with Crippen molar-refractivity contribution in [3.8, 4) is 0 Å². The van der Waals surface area contributed by atoms with Gasteiger partial charge in [-0.15, -0.1) is 0 Å². The number of hydrogen-bond donors (Lipinski definition) is 2. The molecule has 0 spiro atoms. The highest BCUT2D eigenvalue weighted by Gasteiger charge is 2.43. The molecule has 0 unspecified atom stereocenters. The number of hydrogen-bond acceptors (Lipinski definition) is 2. The Morgan fingerprint density at radius 1 is 1.47 bits per heavy atom. The van der Waals surface area contributed by atoms with E-state index in [0.717, 1.165) is 31.2 Å². The van der Waals surface area contributed by atoms with Crippen LogP contribution in [0.4, 0.5) is 4.39 Å². The molecule has 1 amide bonds. The van der Waals surface area contributed by atoms with Crippen LogP contribution in [-0.2, 0) is 10.2 Å². The van der Waals surface area contributed by atoms with E-state index in [-0.39, 0.29) is 17.8 Å². The molecular formula is C15H21FN2O. The first kappa shape index (κ1) is 14.0. The van der Waals surface area contributed by atoms with Gasteiger partial charge in [0.25, 0.3) is 0 Å². The van der Waals surface area contributed by atoms with Gasteiger partial charge in [-0.05, 0) is 37.5 Å². The zero-order chi connectivity index (χ0) is 13.9. The molecule has 0 saturated heterocycles. The summed E-state index contributed by atoms with van der Waals surface area (Å²) in [4.78, 5) is 12.6. The molecule has 1 aromatic carbocycles. The molecule has 0 aliphatic heterocycles. The zero-order valence-electron chi connectivity index (χ0n) is 11.3. The molecule has 0 radical (unpaired) electrons. The molecule has 3 N–H and O–H groups in total. The molecule has 1 aliphatic rings. The maximum Gasteiger partial charge on any atom is 0.230 e. The summed E-state index contributed by atoms with van der Waals surface area (Å²) in [7, 11) is 0. The van der Waals surface area contributed by atoms with Gasteiger partial charge in [-0.2, -0.15) is 0 Å². The summed E-state index contributed by atoms with van der Waals surface area (Å²) in [6.45, 7) is 2.29. The van der Waals surface area contributed by atoms with E-state index < -0.39 is 5.41 Å². The maximum absolute atomic E-state index is 13.4. The normalized spacial score (nSPS) is 19.1.